The van der Waals surface area contributed by atoms with Gasteiger partial charge in [-0.05, 0) is 31.1 Å². The summed E-state index contributed by atoms with van der Waals surface area (Å²) in [5.74, 6) is 0. The number of nitrogens with zero attached hydrogens (tertiary/aromatic N) is 2. The Bertz CT molecular complexity index is 1290. The molecule has 0 amide bonds. The fourth-order valence-electron chi connectivity index (χ4n) is 3.11. The first kappa shape index (κ1) is 17.4. The van der Waals surface area contributed by atoms with Crippen molar-refractivity contribution in [1.29, 1.82) is 0 Å². The van der Waals surface area contributed by atoms with E-state index in [1.54, 1.807) is 4.40 Å². The molecule has 0 aliphatic carbocycles. The molecule has 4 aromatic rings. The minimum Gasteiger partial charge on any atom is -0.267 e. The van der Waals surface area contributed by atoms with Gasteiger partial charge in [-0.2, -0.15) is 4.98 Å². The summed E-state index contributed by atoms with van der Waals surface area (Å²) < 4.78 is 2.13. The summed E-state index contributed by atoms with van der Waals surface area (Å²) in [6, 6.07) is 17.7. The van der Waals surface area contributed by atoms with Crippen molar-refractivity contribution in [1.82, 2.24) is 9.38 Å². The molecular weight excluding hydrogens is 356 g/mol. The van der Waals surface area contributed by atoms with Gasteiger partial charge >= 0.3 is 0 Å². The Labute approximate surface area is 160 Å². The molecule has 0 fully saturated rings. The number of aryl methyl sites for hydroxylation is 2. The molecule has 0 unspecified atom stereocenters. The first-order valence-electron chi connectivity index (χ1n) is 8.70. The average molecular weight is 374 g/mol. The Kier molecular flexibility index (Phi) is 4.46. The molecule has 4 nitrogen and oxygen atoms in total. The largest absolute Gasteiger partial charge is 0.277 e. The Morgan fingerprint density at radius 3 is 2.41 bits per heavy atom. The highest BCUT2D eigenvalue weighted by molar-refractivity contribution is 7.15. The first-order chi connectivity index (χ1) is 13.0. The zero-order chi connectivity index (χ0) is 19.0. The van der Waals surface area contributed by atoms with Crippen LogP contribution in [-0.4, -0.2) is 9.38 Å². The predicted octanol–water partition coefficient (Wildman–Crippen LogP) is 2.87. The molecule has 0 aliphatic heterocycles. The van der Waals surface area contributed by atoms with E-state index >= 15 is 0 Å². The van der Waals surface area contributed by atoms with Gasteiger partial charge in [0.2, 0.25) is 4.96 Å². The number of aromatic nitrogens is 2. The second-order valence-corrected chi connectivity index (χ2v) is 7.60. The number of benzene rings is 2. The van der Waals surface area contributed by atoms with Crippen LogP contribution < -0.4 is 15.7 Å². The van der Waals surface area contributed by atoms with E-state index in [9.17, 15) is 9.59 Å². The van der Waals surface area contributed by atoms with Crippen LogP contribution in [0.4, 0.5) is 0 Å². The summed E-state index contributed by atoms with van der Waals surface area (Å²) >= 11 is 1.25. The van der Waals surface area contributed by atoms with Crippen LogP contribution >= 0.6 is 11.3 Å². The van der Waals surface area contributed by atoms with E-state index in [2.05, 4.69) is 4.98 Å². The number of thiazole rings is 1. The van der Waals surface area contributed by atoms with Gasteiger partial charge in [-0.15, -0.1) is 0 Å². The van der Waals surface area contributed by atoms with Gasteiger partial charge in [0.1, 0.15) is 0 Å². The van der Waals surface area contributed by atoms with Crippen molar-refractivity contribution in [2.24, 2.45) is 0 Å². The molecule has 0 atom stereocenters. The summed E-state index contributed by atoms with van der Waals surface area (Å²) in [6.45, 7) is 3.84. The van der Waals surface area contributed by atoms with Crippen LogP contribution in [0.2, 0.25) is 0 Å². The second-order valence-electron chi connectivity index (χ2n) is 6.59. The maximum atomic E-state index is 12.9. The molecule has 0 aliphatic rings. The lowest BCUT2D eigenvalue weighted by Gasteiger charge is -2.06. The standard InChI is InChI=1S/C22H18N2O2S/c1-14-8-10-17(11-9-14)13-19-21(26)24-15(2)18(20(25)23-22(24)27-19)12-16-6-4-3-5-7-16/h3-11,13H,12H2,1-2H3. The zero-order valence-electron chi connectivity index (χ0n) is 15.1. The summed E-state index contributed by atoms with van der Waals surface area (Å²) in [5.41, 5.74) is 3.98. The fourth-order valence-corrected chi connectivity index (χ4v) is 4.12. The minimum absolute atomic E-state index is 0.130. The molecule has 2 aromatic heterocycles. The van der Waals surface area contributed by atoms with Gasteiger partial charge in [0, 0.05) is 17.7 Å². The quantitative estimate of drug-likeness (QED) is 0.554. The van der Waals surface area contributed by atoms with Crippen molar-refractivity contribution in [3.63, 3.8) is 0 Å². The van der Waals surface area contributed by atoms with E-state index in [1.807, 2.05) is 74.5 Å². The third-order valence-electron chi connectivity index (χ3n) is 4.63. The Morgan fingerprint density at radius 2 is 1.70 bits per heavy atom. The minimum atomic E-state index is -0.264. The Balaban J connectivity index is 1.88. The highest BCUT2D eigenvalue weighted by atomic mass is 32.1. The van der Waals surface area contributed by atoms with E-state index in [0.29, 0.717) is 27.2 Å². The second kappa shape index (κ2) is 6.93. The van der Waals surface area contributed by atoms with Crippen molar-refractivity contribution in [2.45, 2.75) is 20.3 Å². The third-order valence-corrected chi connectivity index (χ3v) is 5.60. The molecular formula is C22H18N2O2S. The van der Waals surface area contributed by atoms with Crippen molar-refractivity contribution < 1.29 is 0 Å². The molecule has 0 radical (unpaired) electrons. The number of hydrogen-bond donors (Lipinski definition) is 0. The van der Waals surface area contributed by atoms with Crippen molar-refractivity contribution in [3.05, 3.63) is 108 Å². The van der Waals surface area contributed by atoms with Gasteiger partial charge < -0.3 is 0 Å². The van der Waals surface area contributed by atoms with E-state index in [0.717, 1.165) is 11.1 Å². The topological polar surface area (TPSA) is 51.4 Å². The van der Waals surface area contributed by atoms with Crippen LogP contribution in [0, 0.1) is 13.8 Å². The molecule has 0 spiro atoms. The Hall–Kier alpha value is -3.05. The Morgan fingerprint density at radius 1 is 1.00 bits per heavy atom. The maximum Gasteiger partial charge on any atom is 0.277 e. The number of fused-ring (bicyclic) bond motifs is 1. The molecule has 4 rings (SSSR count). The van der Waals surface area contributed by atoms with E-state index in [4.69, 9.17) is 0 Å². The molecule has 0 saturated carbocycles. The molecule has 5 heteroatoms. The van der Waals surface area contributed by atoms with Gasteiger partial charge in [-0.3, -0.25) is 14.0 Å². The van der Waals surface area contributed by atoms with E-state index in [-0.39, 0.29) is 11.1 Å². The number of rotatable bonds is 3. The van der Waals surface area contributed by atoms with Crippen LogP contribution in [0.1, 0.15) is 27.9 Å². The summed E-state index contributed by atoms with van der Waals surface area (Å²) in [6.07, 6.45) is 2.32. The van der Waals surface area contributed by atoms with Crippen LogP contribution in [0.15, 0.2) is 64.2 Å². The van der Waals surface area contributed by atoms with Crippen LogP contribution in [0.5, 0.6) is 0 Å². The summed E-state index contributed by atoms with van der Waals surface area (Å²) in [5, 5.41) is 0. The zero-order valence-corrected chi connectivity index (χ0v) is 15.9. The van der Waals surface area contributed by atoms with Crippen LogP contribution in [0.3, 0.4) is 0 Å². The smallest absolute Gasteiger partial charge is 0.267 e. The van der Waals surface area contributed by atoms with Gasteiger partial charge in [-0.25, -0.2) is 0 Å². The maximum absolute atomic E-state index is 12.9. The lowest BCUT2D eigenvalue weighted by Crippen LogP contribution is -2.27. The monoisotopic (exact) mass is 374 g/mol. The molecule has 134 valence electrons. The summed E-state index contributed by atoms with van der Waals surface area (Å²) in [4.78, 5) is 30.1. The molecule has 0 N–H and O–H groups in total. The summed E-state index contributed by atoms with van der Waals surface area (Å²) in [7, 11) is 0. The normalized spacial score (nSPS) is 12.0. The fraction of sp³-hybridized carbons (Fsp3) is 0.136. The van der Waals surface area contributed by atoms with Crippen molar-refractivity contribution in [3.8, 4) is 0 Å². The van der Waals surface area contributed by atoms with Crippen molar-refractivity contribution >= 4 is 22.4 Å². The van der Waals surface area contributed by atoms with Gasteiger partial charge in [0.05, 0.1) is 4.53 Å². The van der Waals surface area contributed by atoms with Crippen LogP contribution in [-0.2, 0) is 6.42 Å². The highest BCUT2D eigenvalue weighted by Crippen LogP contribution is 2.12. The van der Waals surface area contributed by atoms with Gasteiger partial charge in [-0.1, -0.05) is 71.5 Å². The molecule has 0 saturated heterocycles. The molecule has 2 aromatic carbocycles. The van der Waals surface area contributed by atoms with Crippen LogP contribution in [0.25, 0.3) is 11.0 Å². The van der Waals surface area contributed by atoms with Crippen molar-refractivity contribution in [2.75, 3.05) is 0 Å². The lowest BCUT2D eigenvalue weighted by molar-refractivity contribution is 0.940. The lowest BCUT2D eigenvalue weighted by atomic mass is 10.1. The predicted molar refractivity (Wildman–Crippen MR) is 110 cm³/mol. The molecule has 27 heavy (non-hydrogen) atoms. The molecule has 0 bridgehead atoms. The highest BCUT2D eigenvalue weighted by Gasteiger charge is 2.14. The number of hydrogen-bond acceptors (Lipinski definition) is 4. The van der Waals surface area contributed by atoms with Gasteiger partial charge in [0.15, 0.2) is 0 Å². The molecule has 2 heterocycles. The van der Waals surface area contributed by atoms with E-state index in [1.165, 1.54) is 16.9 Å². The SMILES string of the molecule is Cc1ccc(C=c2sc3nc(=O)c(Cc4ccccc4)c(C)n3c2=O)cc1. The van der Waals surface area contributed by atoms with E-state index < -0.39 is 0 Å². The first-order valence-corrected chi connectivity index (χ1v) is 9.52. The average Bonchev–Trinajstić information content (AvgIpc) is 2.97. The third kappa shape index (κ3) is 3.34. The van der Waals surface area contributed by atoms with Gasteiger partial charge in [0.25, 0.3) is 11.1 Å².